The monoisotopic (exact) mass is 611 g/mol. The van der Waals surface area contributed by atoms with Crippen molar-refractivity contribution in [2.75, 3.05) is 45.9 Å². The number of aliphatic carboxylic acids is 1. The van der Waals surface area contributed by atoms with E-state index in [4.69, 9.17) is 9.47 Å². The minimum Gasteiger partial charge on any atom is -0.483 e. The first kappa shape index (κ1) is 32.5. The summed E-state index contributed by atoms with van der Waals surface area (Å²) < 4.78 is 11.0. The van der Waals surface area contributed by atoms with Gasteiger partial charge in [-0.05, 0) is 44.2 Å². The number of likely N-dealkylation sites (tertiary alicyclic amines) is 1. The number of pyridine rings is 1. The zero-order valence-electron chi connectivity index (χ0n) is 25.5. The predicted octanol–water partition coefficient (Wildman–Crippen LogP) is 2.52. The van der Waals surface area contributed by atoms with Crippen LogP contribution in [0, 0.1) is 5.92 Å². The van der Waals surface area contributed by atoms with E-state index in [1.807, 2.05) is 4.90 Å². The molecule has 0 saturated carbocycles. The average Bonchev–Trinajstić information content (AvgIpc) is 3.52. The van der Waals surface area contributed by atoms with Crippen LogP contribution in [0.5, 0.6) is 5.75 Å². The number of aromatic nitrogens is 1. The van der Waals surface area contributed by atoms with Gasteiger partial charge in [0.1, 0.15) is 17.5 Å². The number of carboxylic acids is 1. The molecule has 238 valence electrons. The van der Waals surface area contributed by atoms with Crippen molar-refractivity contribution in [1.82, 2.24) is 25.0 Å². The molecular formula is C31H41N5O8. The van der Waals surface area contributed by atoms with Crippen molar-refractivity contribution in [2.24, 2.45) is 5.92 Å². The van der Waals surface area contributed by atoms with E-state index in [-0.39, 0.29) is 69.9 Å². The molecule has 13 nitrogen and oxygen atoms in total. The number of amides is 4. The highest BCUT2D eigenvalue weighted by molar-refractivity contribution is 5.99. The molecule has 13 heteroatoms. The highest BCUT2D eigenvalue weighted by atomic mass is 16.6. The minimum atomic E-state index is -1.13. The lowest BCUT2D eigenvalue weighted by Gasteiger charge is -2.35. The summed E-state index contributed by atoms with van der Waals surface area (Å²) in [6, 6.07) is 7.53. The quantitative estimate of drug-likeness (QED) is 0.389. The van der Waals surface area contributed by atoms with Gasteiger partial charge in [0.2, 0.25) is 5.91 Å². The highest BCUT2D eigenvalue weighted by Gasteiger charge is 2.33. The largest absolute Gasteiger partial charge is 0.483 e. The van der Waals surface area contributed by atoms with Gasteiger partial charge in [-0.15, -0.1) is 0 Å². The Kier molecular flexibility index (Phi) is 11.0. The van der Waals surface area contributed by atoms with Gasteiger partial charge in [-0.2, -0.15) is 0 Å². The van der Waals surface area contributed by atoms with E-state index in [1.165, 1.54) is 15.9 Å². The average molecular weight is 612 g/mol. The molecular weight excluding hydrogens is 570 g/mol. The number of para-hydroxylation sites is 1. The van der Waals surface area contributed by atoms with Gasteiger partial charge in [0, 0.05) is 56.6 Å². The van der Waals surface area contributed by atoms with Crippen LogP contribution < -0.4 is 10.1 Å². The predicted molar refractivity (Wildman–Crippen MR) is 160 cm³/mol. The molecule has 2 aliphatic rings. The third kappa shape index (κ3) is 7.94. The summed E-state index contributed by atoms with van der Waals surface area (Å²) in [5.41, 5.74) is 0.431. The number of rotatable bonds is 11. The lowest BCUT2D eigenvalue weighted by atomic mass is 10.0. The summed E-state index contributed by atoms with van der Waals surface area (Å²) in [7, 11) is 0. The van der Waals surface area contributed by atoms with Crippen molar-refractivity contribution in [1.29, 1.82) is 0 Å². The van der Waals surface area contributed by atoms with Crippen molar-refractivity contribution >= 4 is 40.7 Å². The molecule has 0 radical (unpaired) electrons. The van der Waals surface area contributed by atoms with Crippen LogP contribution in [-0.2, 0) is 19.1 Å². The molecule has 1 unspecified atom stereocenters. The third-order valence-corrected chi connectivity index (χ3v) is 8.02. The second-order valence-electron chi connectivity index (χ2n) is 11.3. The van der Waals surface area contributed by atoms with Crippen molar-refractivity contribution in [3.05, 3.63) is 36.0 Å². The van der Waals surface area contributed by atoms with E-state index in [9.17, 15) is 29.1 Å². The van der Waals surface area contributed by atoms with Crippen molar-refractivity contribution in [2.45, 2.75) is 58.5 Å². The van der Waals surface area contributed by atoms with Crippen LogP contribution in [0.4, 0.5) is 4.79 Å². The molecule has 0 aliphatic carbocycles. The number of ether oxygens (including phenoxy) is 2. The number of carbonyl (C=O) groups is 5. The van der Waals surface area contributed by atoms with Gasteiger partial charge >= 0.3 is 12.1 Å². The molecule has 2 saturated heterocycles. The summed E-state index contributed by atoms with van der Waals surface area (Å²) >= 11 is 0. The van der Waals surface area contributed by atoms with E-state index in [2.05, 4.69) is 24.1 Å². The number of carboxylic acid groups (broad SMARTS) is 1. The topological polar surface area (TPSA) is 159 Å². The Hall–Kier alpha value is -4.42. The Labute approximate surface area is 256 Å². The maximum atomic E-state index is 13.5. The molecule has 4 amide bonds. The number of hydrogen-bond acceptors (Lipinski definition) is 8. The number of piperazine rings is 1. The van der Waals surface area contributed by atoms with Crippen LogP contribution in [0.15, 0.2) is 30.3 Å². The van der Waals surface area contributed by atoms with E-state index >= 15 is 0 Å². The summed E-state index contributed by atoms with van der Waals surface area (Å²) in [5.74, 6) is -1.73. The number of nitrogens with zero attached hydrogens (tertiary/aromatic N) is 4. The number of benzene rings is 1. The highest BCUT2D eigenvalue weighted by Crippen LogP contribution is 2.27. The third-order valence-electron chi connectivity index (χ3n) is 8.02. The molecule has 2 aliphatic heterocycles. The first-order valence-electron chi connectivity index (χ1n) is 15.1. The number of fused-ring (bicyclic) bond motifs is 1. The minimum absolute atomic E-state index is 0.0346. The summed E-state index contributed by atoms with van der Waals surface area (Å²) in [6.45, 7) is 7.56. The fourth-order valence-electron chi connectivity index (χ4n) is 5.70. The van der Waals surface area contributed by atoms with Gasteiger partial charge in [-0.3, -0.25) is 19.2 Å². The van der Waals surface area contributed by atoms with Crippen LogP contribution in [-0.4, -0.2) is 113 Å². The van der Waals surface area contributed by atoms with E-state index in [0.717, 1.165) is 12.8 Å². The summed E-state index contributed by atoms with van der Waals surface area (Å²) in [6.07, 6.45) is 0.970. The number of carbonyl (C=O) groups excluding carboxylic acids is 4. The summed E-state index contributed by atoms with van der Waals surface area (Å²) in [5, 5.41) is 12.6. The molecule has 0 bridgehead atoms. The van der Waals surface area contributed by atoms with Gasteiger partial charge in [-0.1, -0.05) is 26.0 Å². The van der Waals surface area contributed by atoms with Crippen LogP contribution in [0.1, 0.15) is 56.9 Å². The van der Waals surface area contributed by atoms with Crippen LogP contribution in [0.25, 0.3) is 10.9 Å². The van der Waals surface area contributed by atoms with Crippen LogP contribution in [0.2, 0.25) is 0 Å². The van der Waals surface area contributed by atoms with Crippen molar-refractivity contribution < 1.29 is 38.6 Å². The molecule has 3 heterocycles. The Morgan fingerprint density at radius 1 is 1.05 bits per heavy atom. The first-order chi connectivity index (χ1) is 21.1. The van der Waals surface area contributed by atoms with E-state index in [0.29, 0.717) is 29.1 Å². The zero-order chi connectivity index (χ0) is 31.8. The molecule has 44 heavy (non-hydrogen) atoms. The Bertz CT molecular complexity index is 1370. The first-order valence-corrected chi connectivity index (χ1v) is 15.1. The second kappa shape index (κ2) is 14.8. The molecule has 4 rings (SSSR count). The van der Waals surface area contributed by atoms with Gasteiger partial charge in [0.25, 0.3) is 11.8 Å². The molecule has 0 spiro atoms. The molecule has 2 aromatic rings. The Balaban J connectivity index is 1.49. The molecule has 2 N–H and O–H groups in total. The number of hydrogen-bond donors (Lipinski definition) is 2. The Morgan fingerprint density at radius 3 is 2.43 bits per heavy atom. The standard InChI is InChI=1S/C31H41N5O8/c1-4-43-31(42)35-16-14-34(15-17-35)30(41)23(11-12-28(38)39)33-29(40)24-18-26(21-8-5-6-9-22(21)32-24)44-19-27(37)36-13-7-10-25(36)20(2)3/h5-6,8-9,18,20,23,25H,4,7,10-17,19H2,1-3H3,(H,33,40)(H,38,39)/t23?,25-/m0/s1. The van der Waals surface area contributed by atoms with Crippen LogP contribution >= 0.6 is 0 Å². The maximum Gasteiger partial charge on any atom is 0.409 e. The maximum absolute atomic E-state index is 13.5. The normalized spacial score (nSPS) is 17.5. The molecule has 1 aromatic heterocycles. The van der Waals surface area contributed by atoms with Gasteiger partial charge < -0.3 is 34.6 Å². The van der Waals surface area contributed by atoms with Crippen molar-refractivity contribution in [3.63, 3.8) is 0 Å². The fraction of sp³-hybridized carbons (Fsp3) is 0.548. The lowest BCUT2D eigenvalue weighted by molar-refractivity contribution is -0.138. The van der Waals surface area contributed by atoms with Gasteiger partial charge in [0.15, 0.2) is 6.61 Å². The number of nitrogens with one attached hydrogen (secondary N) is 1. The molecule has 2 fully saturated rings. The summed E-state index contributed by atoms with van der Waals surface area (Å²) in [4.78, 5) is 72.7. The molecule has 1 aromatic carbocycles. The van der Waals surface area contributed by atoms with Crippen LogP contribution in [0.3, 0.4) is 0 Å². The van der Waals surface area contributed by atoms with E-state index < -0.39 is 29.9 Å². The second-order valence-corrected chi connectivity index (χ2v) is 11.3. The van der Waals surface area contributed by atoms with Crippen molar-refractivity contribution in [3.8, 4) is 5.75 Å². The zero-order valence-corrected chi connectivity index (χ0v) is 25.5. The van der Waals surface area contributed by atoms with Gasteiger partial charge in [-0.25, -0.2) is 9.78 Å². The SMILES string of the molecule is CCOC(=O)N1CCN(C(=O)C(CCC(=O)O)NC(=O)c2cc(OCC(=O)N3CCC[C@H]3C(C)C)c3ccccc3n2)CC1. The smallest absolute Gasteiger partial charge is 0.409 e. The lowest BCUT2D eigenvalue weighted by Crippen LogP contribution is -2.56. The van der Waals surface area contributed by atoms with Gasteiger partial charge in [0.05, 0.1) is 12.1 Å². The fourth-order valence-corrected chi connectivity index (χ4v) is 5.70. The molecule has 2 atom stereocenters. The Morgan fingerprint density at radius 2 is 1.75 bits per heavy atom. The van der Waals surface area contributed by atoms with E-state index in [1.54, 1.807) is 31.2 Å².